The lowest BCUT2D eigenvalue weighted by atomic mass is 9.77. The fraction of sp³-hybridized carbons (Fsp3) is 0.929. The maximum Gasteiger partial charge on any atom is 0.237 e. The first-order valence-corrected chi connectivity index (χ1v) is 7.11. The summed E-state index contributed by atoms with van der Waals surface area (Å²) in [5.41, 5.74) is 0.571. The van der Waals surface area contributed by atoms with E-state index >= 15 is 0 Å². The second kappa shape index (κ2) is 4.20. The van der Waals surface area contributed by atoms with Crippen molar-refractivity contribution in [2.75, 3.05) is 39.4 Å². The molecule has 3 fully saturated rings. The number of nitrogens with zero attached hydrogens (tertiary/aromatic N) is 2. The third kappa shape index (κ3) is 2.05. The van der Waals surface area contributed by atoms with Crippen molar-refractivity contribution in [3.8, 4) is 0 Å². The Morgan fingerprint density at radius 1 is 1.17 bits per heavy atom. The first-order valence-electron chi connectivity index (χ1n) is 7.11. The zero-order valence-electron chi connectivity index (χ0n) is 11.6. The lowest BCUT2D eigenvalue weighted by Gasteiger charge is -2.56. The van der Waals surface area contributed by atoms with E-state index in [4.69, 9.17) is 4.74 Å². The van der Waals surface area contributed by atoms with E-state index in [-0.39, 0.29) is 5.54 Å². The van der Waals surface area contributed by atoms with Gasteiger partial charge in [0.2, 0.25) is 5.91 Å². The fourth-order valence-electron chi connectivity index (χ4n) is 3.75. The second-order valence-corrected chi connectivity index (χ2v) is 6.94. The molecule has 0 aromatic carbocycles. The zero-order valence-corrected chi connectivity index (χ0v) is 11.6. The zero-order chi connectivity index (χ0) is 12.8. The number of carbonyl (C=O) groups is 1. The van der Waals surface area contributed by atoms with E-state index in [1.54, 1.807) is 0 Å². The molecule has 18 heavy (non-hydrogen) atoms. The molecular formula is C14H24N2O2. The molecule has 0 aromatic rings. The molecule has 0 aliphatic carbocycles. The van der Waals surface area contributed by atoms with Crippen molar-refractivity contribution in [3.05, 3.63) is 0 Å². The van der Waals surface area contributed by atoms with Crippen LogP contribution in [0.25, 0.3) is 0 Å². The smallest absolute Gasteiger partial charge is 0.237 e. The highest BCUT2D eigenvalue weighted by Gasteiger charge is 2.48. The van der Waals surface area contributed by atoms with Crippen molar-refractivity contribution in [2.24, 2.45) is 5.41 Å². The van der Waals surface area contributed by atoms with Crippen LogP contribution in [-0.4, -0.2) is 60.6 Å². The number of hydrogen-bond donors (Lipinski definition) is 0. The SMILES string of the molecule is CC1(C)CN(CC(=O)N2CCC23CCOCC3)C1. The summed E-state index contributed by atoms with van der Waals surface area (Å²) in [6.45, 7) is 9.85. The van der Waals surface area contributed by atoms with E-state index in [1.807, 2.05) is 0 Å². The highest BCUT2D eigenvalue weighted by atomic mass is 16.5. The molecule has 0 aromatic heterocycles. The molecule has 3 aliphatic heterocycles. The molecule has 102 valence electrons. The molecule has 3 aliphatic rings. The topological polar surface area (TPSA) is 32.8 Å². The van der Waals surface area contributed by atoms with Gasteiger partial charge in [-0.2, -0.15) is 0 Å². The van der Waals surface area contributed by atoms with Gasteiger partial charge < -0.3 is 9.64 Å². The quantitative estimate of drug-likeness (QED) is 0.738. The number of likely N-dealkylation sites (tertiary alicyclic amines) is 2. The minimum atomic E-state index is 0.162. The molecule has 0 radical (unpaired) electrons. The molecule has 0 unspecified atom stereocenters. The minimum absolute atomic E-state index is 0.162. The first kappa shape index (κ1) is 12.4. The Hall–Kier alpha value is -0.610. The number of ether oxygens (including phenoxy) is 1. The van der Waals surface area contributed by atoms with E-state index in [2.05, 4.69) is 23.6 Å². The summed E-state index contributed by atoms with van der Waals surface area (Å²) in [6.07, 6.45) is 3.24. The van der Waals surface area contributed by atoms with Crippen LogP contribution < -0.4 is 0 Å². The Kier molecular flexibility index (Phi) is 2.90. The summed E-state index contributed by atoms with van der Waals surface area (Å²) in [4.78, 5) is 16.8. The van der Waals surface area contributed by atoms with Gasteiger partial charge in [-0.05, 0) is 24.7 Å². The van der Waals surface area contributed by atoms with Crippen molar-refractivity contribution in [1.29, 1.82) is 0 Å². The Bertz CT molecular complexity index is 340. The highest BCUT2D eigenvalue weighted by Crippen LogP contribution is 2.39. The molecule has 4 heteroatoms. The van der Waals surface area contributed by atoms with Crippen LogP contribution in [0.5, 0.6) is 0 Å². The van der Waals surface area contributed by atoms with Gasteiger partial charge in [0.05, 0.1) is 6.54 Å². The molecule has 1 spiro atoms. The number of amides is 1. The van der Waals surface area contributed by atoms with Crippen LogP contribution in [0.3, 0.4) is 0 Å². The van der Waals surface area contributed by atoms with Crippen LogP contribution in [0, 0.1) is 5.41 Å². The van der Waals surface area contributed by atoms with Crippen LogP contribution >= 0.6 is 0 Å². The molecule has 0 saturated carbocycles. The number of rotatable bonds is 2. The molecule has 1 amide bonds. The third-order valence-electron chi connectivity index (χ3n) is 4.76. The van der Waals surface area contributed by atoms with E-state index in [9.17, 15) is 4.79 Å². The van der Waals surface area contributed by atoms with Crippen molar-refractivity contribution in [2.45, 2.75) is 38.6 Å². The van der Waals surface area contributed by atoms with Gasteiger partial charge in [0, 0.05) is 38.4 Å². The fourth-order valence-corrected chi connectivity index (χ4v) is 3.75. The summed E-state index contributed by atoms with van der Waals surface area (Å²) in [7, 11) is 0. The van der Waals surface area contributed by atoms with E-state index in [0.29, 0.717) is 17.9 Å². The van der Waals surface area contributed by atoms with Crippen molar-refractivity contribution in [3.63, 3.8) is 0 Å². The van der Waals surface area contributed by atoms with Crippen LogP contribution in [0.15, 0.2) is 0 Å². The summed E-state index contributed by atoms with van der Waals surface area (Å²) in [5.74, 6) is 0.332. The van der Waals surface area contributed by atoms with E-state index in [1.165, 1.54) is 6.42 Å². The van der Waals surface area contributed by atoms with Gasteiger partial charge in [-0.3, -0.25) is 9.69 Å². The van der Waals surface area contributed by atoms with Crippen LogP contribution in [0.1, 0.15) is 33.1 Å². The maximum atomic E-state index is 12.4. The van der Waals surface area contributed by atoms with Gasteiger partial charge in [-0.15, -0.1) is 0 Å². The van der Waals surface area contributed by atoms with Crippen molar-refractivity contribution < 1.29 is 9.53 Å². The number of carbonyl (C=O) groups excluding carboxylic acids is 1. The molecular weight excluding hydrogens is 228 g/mol. The maximum absolute atomic E-state index is 12.4. The summed E-state index contributed by atoms with van der Waals surface area (Å²) in [5, 5.41) is 0. The lowest BCUT2D eigenvalue weighted by molar-refractivity contribution is -0.159. The Morgan fingerprint density at radius 2 is 1.83 bits per heavy atom. The Morgan fingerprint density at radius 3 is 2.33 bits per heavy atom. The van der Waals surface area contributed by atoms with Crippen molar-refractivity contribution >= 4 is 5.91 Å². The highest BCUT2D eigenvalue weighted by molar-refractivity contribution is 5.80. The van der Waals surface area contributed by atoms with Gasteiger partial charge in [0.25, 0.3) is 0 Å². The van der Waals surface area contributed by atoms with Gasteiger partial charge in [-0.1, -0.05) is 13.8 Å². The molecule has 3 saturated heterocycles. The van der Waals surface area contributed by atoms with Gasteiger partial charge in [0.15, 0.2) is 0 Å². The predicted octanol–water partition coefficient (Wildman–Crippen LogP) is 1.11. The lowest BCUT2D eigenvalue weighted by Crippen LogP contribution is -2.66. The molecule has 0 N–H and O–H groups in total. The standard InChI is InChI=1S/C14H24N2O2/c1-13(2)10-15(11-13)9-12(17)16-6-3-14(16)4-7-18-8-5-14/h3-11H2,1-2H3. The van der Waals surface area contributed by atoms with Crippen LogP contribution in [-0.2, 0) is 9.53 Å². The Balaban J connectivity index is 1.54. The molecule has 4 nitrogen and oxygen atoms in total. The monoisotopic (exact) mass is 252 g/mol. The number of hydrogen-bond acceptors (Lipinski definition) is 3. The molecule has 3 rings (SSSR count). The average molecular weight is 252 g/mol. The summed E-state index contributed by atoms with van der Waals surface area (Å²) in [6, 6.07) is 0. The normalized spacial score (nSPS) is 29.8. The largest absolute Gasteiger partial charge is 0.381 e. The third-order valence-corrected chi connectivity index (χ3v) is 4.76. The minimum Gasteiger partial charge on any atom is -0.381 e. The van der Waals surface area contributed by atoms with E-state index < -0.39 is 0 Å². The van der Waals surface area contributed by atoms with Crippen LogP contribution in [0.2, 0.25) is 0 Å². The van der Waals surface area contributed by atoms with Crippen molar-refractivity contribution in [1.82, 2.24) is 9.80 Å². The molecule has 0 bridgehead atoms. The van der Waals surface area contributed by atoms with E-state index in [0.717, 1.165) is 45.7 Å². The Labute approximate surface area is 109 Å². The van der Waals surface area contributed by atoms with Gasteiger partial charge in [0.1, 0.15) is 0 Å². The van der Waals surface area contributed by atoms with Gasteiger partial charge >= 0.3 is 0 Å². The first-order chi connectivity index (χ1) is 8.51. The summed E-state index contributed by atoms with van der Waals surface area (Å²) < 4.78 is 5.42. The summed E-state index contributed by atoms with van der Waals surface area (Å²) >= 11 is 0. The van der Waals surface area contributed by atoms with Crippen LogP contribution in [0.4, 0.5) is 0 Å². The van der Waals surface area contributed by atoms with Gasteiger partial charge in [-0.25, -0.2) is 0 Å². The predicted molar refractivity (Wildman–Crippen MR) is 69.3 cm³/mol. The molecule has 3 heterocycles. The molecule has 0 atom stereocenters. The second-order valence-electron chi connectivity index (χ2n) is 6.94. The average Bonchev–Trinajstić information content (AvgIpc) is 2.26.